The molecule has 0 atom stereocenters. The minimum Gasteiger partial charge on any atom is -0.495 e. The number of anilines is 2. The average Bonchev–Trinajstić information content (AvgIpc) is 3.29. The average molecular weight is 502 g/mol. The summed E-state index contributed by atoms with van der Waals surface area (Å²) in [7, 11) is 1.68. The molecule has 1 fully saturated rings. The third-order valence-corrected chi connectivity index (χ3v) is 8.05. The number of primary amides is 1. The van der Waals surface area contributed by atoms with Crippen molar-refractivity contribution >= 4 is 39.1 Å². The third kappa shape index (κ3) is 4.79. The Balaban J connectivity index is 1.44. The number of carbonyl (C=O) groups excluding carboxylic acids is 1. The minimum absolute atomic E-state index is 0.435. The number of methoxy groups -OCH3 is 1. The summed E-state index contributed by atoms with van der Waals surface area (Å²) in [5.41, 5.74) is 10.1. The van der Waals surface area contributed by atoms with Crippen molar-refractivity contribution in [3.05, 3.63) is 65.2 Å². The van der Waals surface area contributed by atoms with Crippen molar-refractivity contribution in [3.8, 4) is 16.9 Å². The van der Waals surface area contributed by atoms with Gasteiger partial charge < -0.3 is 20.7 Å². The van der Waals surface area contributed by atoms with Crippen molar-refractivity contribution in [1.29, 1.82) is 0 Å². The van der Waals surface area contributed by atoms with Crippen LogP contribution in [0.3, 0.4) is 0 Å². The summed E-state index contributed by atoms with van der Waals surface area (Å²) >= 11 is 1.31. The largest absolute Gasteiger partial charge is 0.495 e. The number of carbonyl (C=O) groups is 1. The summed E-state index contributed by atoms with van der Waals surface area (Å²) in [5.74, 6) is 1.25. The van der Waals surface area contributed by atoms with Crippen molar-refractivity contribution in [1.82, 2.24) is 14.9 Å². The SMILES string of the molecule is COc1cc(C2CCN(C(C)C)CC2)ccc1Nc1ncc2sc(C(N)=O)c(-c3ccccc3)c2n1. The molecule has 36 heavy (non-hydrogen) atoms. The van der Waals surface area contributed by atoms with E-state index in [2.05, 4.69) is 41.2 Å². The molecule has 0 spiro atoms. The first kappa shape index (κ1) is 24.2. The monoisotopic (exact) mass is 501 g/mol. The Morgan fingerprint density at radius 2 is 1.92 bits per heavy atom. The molecule has 4 aromatic rings. The number of hydrogen-bond acceptors (Lipinski definition) is 7. The number of nitrogens with two attached hydrogens (primary N) is 1. The lowest BCUT2D eigenvalue weighted by Gasteiger charge is -2.35. The molecule has 1 amide bonds. The Morgan fingerprint density at radius 3 is 2.58 bits per heavy atom. The predicted octanol–water partition coefficient (Wildman–Crippen LogP) is 5.80. The van der Waals surface area contributed by atoms with E-state index < -0.39 is 5.91 Å². The standard InChI is InChI=1S/C28H31N5O2S/c1-17(2)33-13-11-18(12-14-33)20-9-10-21(22(15-20)35-3)31-28-30-16-23-25(32-28)24(26(36-23)27(29)34)19-7-5-4-6-8-19/h4-10,15-18H,11-14H2,1-3H3,(H2,29,34)(H,30,31,32). The van der Waals surface area contributed by atoms with Gasteiger partial charge in [0.1, 0.15) is 10.6 Å². The van der Waals surface area contributed by atoms with E-state index in [1.807, 2.05) is 36.4 Å². The van der Waals surface area contributed by atoms with Crippen LogP contribution in [0.25, 0.3) is 21.3 Å². The van der Waals surface area contributed by atoms with Gasteiger partial charge in [-0.25, -0.2) is 9.97 Å². The van der Waals surface area contributed by atoms with E-state index in [1.54, 1.807) is 13.3 Å². The van der Waals surface area contributed by atoms with E-state index in [-0.39, 0.29) is 0 Å². The van der Waals surface area contributed by atoms with E-state index in [0.29, 0.717) is 28.3 Å². The summed E-state index contributed by atoms with van der Waals surface area (Å²) in [6.45, 7) is 6.76. The second-order valence-corrected chi connectivity index (χ2v) is 10.5. The maximum absolute atomic E-state index is 12.2. The molecule has 5 rings (SSSR count). The van der Waals surface area contributed by atoms with Crippen LogP contribution in [0.15, 0.2) is 54.7 Å². The van der Waals surface area contributed by atoms with Crippen LogP contribution in [-0.4, -0.2) is 47.0 Å². The maximum atomic E-state index is 12.2. The first-order valence-electron chi connectivity index (χ1n) is 12.3. The molecular formula is C28H31N5O2S. The topological polar surface area (TPSA) is 93.4 Å². The lowest BCUT2D eigenvalue weighted by atomic mass is 9.88. The predicted molar refractivity (Wildman–Crippen MR) is 146 cm³/mol. The fourth-order valence-electron chi connectivity index (χ4n) is 4.93. The number of likely N-dealkylation sites (tertiary alicyclic amines) is 1. The molecule has 1 saturated heterocycles. The second kappa shape index (κ2) is 10.2. The molecule has 1 aliphatic heterocycles. The Hall–Kier alpha value is -3.49. The Morgan fingerprint density at radius 1 is 1.17 bits per heavy atom. The molecule has 2 aromatic carbocycles. The fraction of sp³-hybridized carbons (Fsp3) is 0.321. The zero-order chi connectivity index (χ0) is 25.2. The van der Waals surface area contributed by atoms with Crippen molar-refractivity contribution < 1.29 is 9.53 Å². The van der Waals surface area contributed by atoms with Crippen LogP contribution >= 0.6 is 11.3 Å². The van der Waals surface area contributed by atoms with Crippen LogP contribution in [0.1, 0.15) is 47.8 Å². The molecular weight excluding hydrogens is 470 g/mol. The summed E-state index contributed by atoms with van der Waals surface area (Å²) in [5, 5.41) is 3.32. The number of amides is 1. The molecule has 1 aliphatic rings. The van der Waals surface area contributed by atoms with Gasteiger partial charge in [0.25, 0.3) is 5.91 Å². The van der Waals surface area contributed by atoms with E-state index >= 15 is 0 Å². The van der Waals surface area contributed by atoms with Crippen molar-refractivity contribution in [3.63, 3.8) is 0 Å². The maximum Gasteiger partial charge on any atom is 0.259 e. The molecule has 0 saturated carbocycles. The lowest BCUT2D eigenvalue weighted by Crippen LogP contribution is -2.37. The number of nitrogens with zero attached hydrogens (tertiary/aromatic N) is 3. The molecule has 3 heterocycles. The van der Waals surface area contributed by atoms with Crippen LogP contribution in [0.4, 0.5) is 11.6 Å². The molecule has 8 heteroatoms. The zero-order valence-corrected chi connectivity index (χ0v) is 21.6. The molecule has 0 bridgehead atoms. The van der Waals surface area contributed by atoms with Gasteiger partial charge in [0.05, 0.1) is 29.2 Å². The number of piperidine rings is 1. The molecule has 3 N–H and O–H groups in total. The van der Waals surface area contributed by atoms with Gasteiger partial charge in [0, 0.05) is 11.6 Å². The van der Waals surface area contributed by atoms with Gasteiger partial charge >= 0.3 is 0 Å². The van der Waals surface area contributed by atoms with E-state index in [0.717, 1.165) is 53.2 Å². The normalized spacial score (nSPS) is 14.9. The Labute approximate surface area is 215 Å². The number of aromatic nitrogens is 2. The lowest BCUT2D eigenvalue weighted by molar-refractivity contribution is 0.100. The van der Waals surface area contributed by atoms with Gasteiger partial charge in [-0.2, -0.15) is 0 Å². The van der Waals surface area contributed by atoms with Crippen molar-refractivity contribution in [2.24, 2.45) is 5.73 Å². The third-order valence-electron chi connectivity index (χ3n) is 6.92. The molecule has 186 valence electrons. The van der Waals surface area contributed by atoms with E-state index in [9.17, 15) is 4.79 Å². The Kier molecular flexibility index (Phi) is 6.89. The first-order chi connectivity index (χ1) is 17.4. The minimum atomic E-state index is -0.470. The summed E-state index contributed by atoms with van der Waals surface area (Å²) in [6.07, 6.45) is 4.03. The second-order valence-electron chi connectivity index (χ2n) is 9.43. The van der Waals surface area contributed by atoms with Crippen LogP contribution in [0.5, 0.6) is 5.75 Å². The van der Waals surface area contributed by atoms with Crippen LogP contribution in [-0.2, 0) is 0 Å². The fourth-order valence-corrected chi connectivity index (χ4v) is 5.92. The van der Waals surface area contributed by atoms with Gasteiger partial charge in [-0.3, -0.25) is 4.79 Å². The number of thiophene rings is 1. The van der Waals surface area contributed by atoms with E-state index in [1.165, 1.54) is 16.9 Å². The number of nitrogens with one attached hydrogen (secondary N) is 1. The van der Waals surface area contributed by atoms with Crippen LogP contribution in [0, 0.1) is 0 Å². The summed E-state index contributed by atoms with van der Waals surface area (Å²) < 4.78 is 6.55. The number of benzene rings is 2. The number of fused-ring (bicyclic) bond motifs is 1. The van der Waals surface area contributed by atoms with Gasteiger partial charge in [-0.05, 0) is 69.0 Å². The van der Waals surface area contributed by atoms with Crippen molar-refractivity contribution in [2.45, 2.75) is 38.6 Å². The quantitative estimate of drug-likeness (QED) is 0.333. The Bertz CT molecular complexity index is 1380. The highest BCUT2D eigenvalue weighted by Crippen LogP contribution is 2.39. The highest BCUT2D eigenvalue weighted by molar-refractivity contribution is 7.21. The molecule has 2 aromatic heterocycles. The zero-order valence-electron chi connectivity index (χ0n) is 20.8. The smallest absolute Gasteiger partial charge is 0.259 e. The molecule has 0 radical (unpaired) electrons. The number of hydrogen-bond donors (Lipinski definition) is 2. The van der Waals surface area contributed by atoms with Crippen LogP contribution in [0.2, 0.25) is 0 Å². The molecule has 7 nitrogen and oxygen atoms in total. The summed E-state index contributed by atoms with van der Waals surface area (Å²) in [4.78, 5) is 24.5. The van der Waals surface area contributed by atoms with E-state index in [4.69, 9.17) is 15.5 Å². The number of ether oxygens (including phenoxy) is 1. The van der Waals surface area contributed by atoms with Gasteiger partial charge in [0.2, 0.25) is 5.95 Å². The summed E-state index contributed by atoms with van der Waals surface area (Å²) in [6, 6.07) is 16.6. The van der Waals surface area contributed by atoms with Gasteiger partial charge in [0.15, 0.2) is 0 Å². The first-order valence-corrected chi connectivity index (χ1v) is 13.1. The molecule has 0 unspecified atom stereocenters. The van der Waals surface area contributed by atoms with Gasteiger partial charge in [-0.1, -0.05) is 36.4 Å². The van der Waals surface area contributed by atoms with Crippen LogP contribution < -0.4 is 15.8 Å². The number of rotatable bonds is 7. The van der Waals surface area contributed by atoms with Crippen molar-refractivity contribution in [2.75, 3.05) is 25.5 Å². The highest BCUT2D eigenvalue weighted by atomic mass is 32.1. The van der Waals surface area contributed by atoms with Gasteiger partial charge in [-0.15, -0.1) is 11.3 Å². The molecule has 0 aliphatic carbocycles. The highest BCUT2D eigenvalue weighted by Gasteiger charge is 2.23.